The molecule has 0 fully saturated rings. The van der Waals surface area contributed by atoms with Crippen molar-refractivity contribution in [1.29, 1.82) is 0 Å². The predicted octanol–water partition coefficient (Wildman–Crippen LogP) is 3.23. The van der Waals surface area contributed by atoms with E-state index < -0.39 is 33.2 Å². The van der Waals surface area contributed by atoms with Gasteiger partial charge in [0.05, 0.1) is 21.5 Å². The number of anilines is 1. The summed E-state index contributed by atoms with van der Waals surface area (Å²) in [4.78, 5) is 42.3. The van der Waals surface area contributed by atoms with E-state index in [1.165, 1.54) is 6.07 Å². The zero-order chi connectivity index (χ0) is 24.3. The van der Waals surface area contributed by atoms with Crippen molar-refractivity contribution in [2.75, 3.05) is 11.9 Å². The molecule has 2 heterocycles. The van der Waals surface area contributed by atoms with E-state index in [9.17, 15) is 28.1 Å². The number of aromatic nitrogens is 2. The van der Waals surface area contributed by atoms with Crippen LogP contribution in [-0.2, 0) is 19.4 Å². The van der Waals surface area contributed by atoms with Gasteiger partial charge in [-0.05, 0) is 24.3 Å². The summed E-state index contributed by atoms with van der Waals surface area (Å²) in [5.74, 6) is -1.51. The van der Waals surface area contributed by atoms with Gasteiger partial charge in [-0.2, -0.15) is 0 Å². The van der Waals surface area contributed by atoms with E-state index >= 15 is 0 Å². The third-order valence-electron chi connectivity index (χ3n) is 4.50. The number of nitrogens with zero attached hydrogens (tertiary/aromatic N) is 3. The number of rotatable bonds is 7. The van der Waals surface area contributed by atoms with Crippen LogP contribution in [0.15, 0.2) is 76.0 Å². The van der Waals surface area contributed by atoms with Gasteiger partial charge in [-0.3, -0.25) is 20.2 Å². The number of thiazole rings is 1. The fraction of sp³-hybridized carbons (Fsp3) is 0.0476. The summed E-state index contributed by atoms with van der Waals surface area (Å²) in [6, 6.07) is 14.8. The van der Waals surface area contributed by atoms with Gasteiger partial charge < -0.3 is 4.74 Å². The first-order chi connectivity index (χ1) is 16.2. The molecular weight excluding hydrogens is 484 g/mol. The molecular formula is C21H14N4O7S2. The highest BCUT2D eigenvalue weighted by molar-refractivity contribution is 7.93. The fourth-order valence-corrected chi connectivity index (χ4v) is 5.29. The number of fused-ring (bicyclic) bond motifs is 1. The third kappa shape index (κ3) is 4.89. The summed E-state index contributed by atoms with van der Waals surface area (Å²) in [6.07, 6.45) is 1.06. The molecule has 0 unspecified atom stereocenters. The highest BCUT2D eigenvalue weighted by Crippen LogP contribution is 2.29. The van der Waals surface area contributed by atoms with Crippen molar-refractivity contribution in [1.82, 2.24) is 9.97 Å². The molecule has 0 aliphatic rings. The fourth-order valence-electron chi connectivity index (χ4n) is 2.84. The van der Waals surface area contributed by atoms with Crippen molar-refractivity contribution >= 4 is 54.8 Å². The SMILES string of the molecule is O=C(COC(=O)c1ccc2ccccc2n1)Nc1ncc(S(=O)(=O)c2ccc([N+](=O)[O-])cc2)s1. The minimum Gasteiger partial charge on any atom is -0.451 e. The summed E-state index contributed by atoms with van der Waals surface area (Å²) in [7, 11) is -3.99. The summed E-state index contributed by atoms with van der Waals surface area (Å²) in [5.41, 5.74) is 0.396. The maximum absolute atomic E-state index is 12.7. The summed E-state index contributed by atoms with van der Waals surface area (Å²) in [5, 5.41) is 13.9. The number of nitrogens with one attached hydrogen (secondary N) is 1. The molecule has 2 aromatic carbocycles. The molecule has 1 N–H and O–H groups in total. The molecule has 4 rings (SSSR count). The Hall–Kier alpha value is -4.23. The molecule has 34 heavy (non-hydrogen) atoms. The Kier molecular flexibility index (Phi) is 6.30. The molecule has 172 valence electrons. The van der Waals surface area contributed by atoms with Crippen LogP contribution in [0.4, 0.5) is 10.8 Å². The van der Waals surface area contributed by atoms with Crippen LogP contribution in [0.25, 0.3) is 10.9 Å². The number of carbonyl (C=O) groups excluding carboxylic acids is 2. The second-order valence-corrected chi connectivity index (χ2v) is 9.96. The molecule has 2 aromatic heterocycles. The number of sulfone groups is 1. The number of hydrogen-bond acceptors (Lipinski definition) is 10. The molecule has 0 radical (unpaired) electrons. The number of ether oxygens (including phenoxy) is 1. The lowest BCUT2D eigenvalue weighted by Gasteiger charge is -2.05. The summed E-state index contributed by atoms with van der Waals surface area (Å²) in [6.45, 7) is -0.628. The van der Waals surface area contributed by atoms with Crippen LogP contribution in [0.5, 0.6) is 0 Å². The lowest BCUT2D eigenvalue weighted by atomic mass is 10.2. The van der Waals surface area contributed by atoms with E-state index in [0.29, 0.717) is 16.9 Å². The molecule has 0 saturated carbocycles. The van der Waals surface area contributed by atoms with Gasteiger partial charge in [0.2, 0.25) is 9.84 Å². The first-order valence-electron chi connectivity index (χ1n) is 9.52. The first-order valence-corrected chi connectivity index (χ1v) is 11.8. The molecule has 0 saturated heterocycles. The number of hydrogen-bond donors (Lipinski definition) is 1. The lowest BCUT2D eigenvalue weighted by Crippen LogP contribution is -2.21. The zero-order valence-corrected chi connectivity index (χ0v) is 18.7. The molecule has 11 nitrogen and oxygen atoms in total. The minimum atomic E-state index is -3.99. The van der Waals surface area contributed by atoms with Crippen molar-refractivity contribution in [3.05, 3.63) is 82.7 Å². The lowest BCUT2D eigenvalue weighted by molar-refractivity contribution is -0.384. The van der Waals surface area contributed by atoms with Gasteiger partial charge in [-0.1, -0.05) is 35.6 Å². The number of para-hydroxylation sites is 1. The zero-order valence-electron chi connectivity index (χ0n) is 17.1. The summed E-state index contributed by atoms with van der Waals surface area (Å²) >= 11 is 0.688. The Morgan fingerprint density at radius 2 is 1.79 bits per heavy atom. The van der Waals surface area contributed by atoms with Gasteiger partial charge >= 0.3 is 5.97 Å². The average molecular weight is 498 g/mol. The number of amides is 1. The van der Waals surface area contributed by atoms with Crippen LogP contribution in [0.2, 0.25) is 0 Å². The molecule has 0 aliphatic carbocycles. The maximum atomic E-state index is 12.7. The molecule has 4 aromatic rings. The van der Waals surface area contributed by atoms with Crippen LogP contribution in [-0.4, -0.2) is 41.8 Å². The number of benzene rings is 2. The Morgan fingerprint density at radius 1 is 1.06 bits per heavy atom. The Balaban J connectivity index is 1.38. The predicted molar refractivity (Wildman–Crippen MR) is 121 cm³/mol. The van der Waals surface area contributed by atoms with E-state index in [1.54, 1.807) is 18.2 Å². The van der Waals surface area contributed by atoms with E-state index in [2.05, 4.69) is 15.3 Å². The second kappa shape index (κ2) is 9.33. The smallest absolute Gasteiger partial charge is 0.357 e. The van der Waals surface area contributed by atoms with E-state index in [4.69, 9.17) is 4.74 Å². The third-order valence-corrected chi connectivity index (χ3v) is 7.64. The number of esters is 1. The second-order valence-electron chi connectivity index (χ2n) is 6.75. The largest absolute Gasteiger partial charge is 0.451 e. The normalized spacial score (nSPS) is 11.2. The van der Waals surface area contributed by atoms with Crippen molar-refractivity contribution in [2.24, 2.45) is 0 Å². The van der Waals surface area contributed by atoms with Gasteiger partial charge in [0, 0.05) is 17.5 Å². The summed E-state index contributed by atoms with van der Waals surface area (Å²) < 4.78 is 30.2. The molecule has 0 bridgehead atoms. The minimum absolute atomic E-state index is 0.0228. The Labute approximate surface area is 196 Å². The maximum Gasteiger partial charge on any atom is 0.357 e. The van der Waals surface area contributed by atoms with E-state index in [0.717, 1.165) is 35.8 Å². The van der Waals surface area contributed by atoms with Gasteiger partial charge in [0.25, 0.3) is 11.6 Å². The van der Waals surface area contributed by atoms with E-state index in [1.807, 2.05) is 12.1 Å². The van der Waals surface area contributed by atoms with Crippen LogP contribution >= 0.6 is 11.3 Å². The Morgan fingerprint density at radius 3 is 2.53 bits per heavy atom. The van der Waals surface area contributed by atoms with E-state index in [-0.39, 0.29) is 25.6 Å². The van der Waals surface area contributed by atoms with Crippen LogP contribution in [0.1, 0.15) is 10.5 Å². The van der Waals surface area contributed by atoms with Gasteiger partial charge in [-0.25, -0.2) is 23.2 Å². The average Bonchev–Trinajstić information content (AvgIpc) is 3.31. The topological polar surface area (TPSA) is 158 Å². The number of nitro groups is 1. The highest BCUT2D eigenvalue weighted by Gasteiger charge is 2.23. The van der Waals surface area contributed by atoms with Crippen molar-refractivity contribution in [2.45, 2.75) is 9.10 Å². The number of carbonyl (C=O) groups is 2. The monoisotopic (exact) mass is 498 g/mol. The number of nitro benzene ring substituents is 1. The standard InChI is InChI=1S/C21H14N4O7S2/c26-18(12-32-20(27)17-10-5-13-3-1-2-4-16(13)23-17)24-21-22-11-19(33-21)34(30,31)15-8-6-14(7-9-15)25(28)29/h1-11H,12H2,(H,22,24,26). The van der Waals surface area contributed by atoms with Gasteiger partial charge in [-0.15, -0.1) is 0 Å². The van der Waals surface area contributed by atoms with Crippen LogP contribution in [0, 0.1) is 10.1 Å². The van der Waals surface area contributed by atoms with Crippen LogP contribution < -0.4 is 5.32 Å². The van der Waals surface area contributed by atoms with Crippen molar-refractivity contribution in [3.63, 3.8) is 0 Å². The molecule has 0 aliphatic heterocycles. The molecule has 1 amide bonds. The van der Waals surface area contributed by atoms with Crippen molar-refractivity contribution in [3.8, 4) is 0 Å². The van der Waals surface area contributed by atoms with Crippen LogP contribution in [0.3, 0.4) is 0 Å². The van der Waals surface area contributed by atoms with Crippen molar-refractivity contribution < 1.29 is 27.7 Å². The molecule has 0 spiro atoms. The number of non-ortho nitro benzene ring substituents is 1. The quantitative estimate of drug-likeness (QED) is 0.229. The van der Waals surface area contributed by atoms with Gasteiger partial charge in [0.1, 0.15) is 9.90 Å². The number of pyridine rings is 1. The highest BCUT2D eigenvalue weighted by atomic mass is 32.2. The molecule has 13 heteroatoms. The first kappa shape index (κ1) is 22.9. The Bertz CT molecular complexity index is 1520. The van der Waals surface area contributed by atoms with Gasteiger partial charge in [0.15, 0.2) is 11.7 Å². The molecule has 0 atom stereocenters.